The molecule has 0 bridgehead atoms. The number of pyridine rings is 1. The third-order valence-corrected chi connectivity index (χ3v) is 3.28. The fourth-order valence-corrected chi connectivity index (χ4v) is 2.21. The second-order valence-electron chi connectivity index (χ2n) is 4.63. The average molecular weight is 236 g/mol. The SMILES string of the molecule is CCC1CC(Nc2ccc(=O)n(C)c2)CCO1. The zero-order valence-corrected chi connectivity index (χ0v) is 10.5. The molecule has 4 nitrogen and oxygen atoms in total. The van der Waals surface area contributed by atoms with Gasteiger partial charge in [0, 0.05) is 32.0 Å². The maximum Gasteiger partial charge on any atom is 0.250 e. The second kappa shape index (κ2) is 5.36. The molecule has 4 heteroatoms. The van der Waals surface area contributed by atoms with Crippen LogP contribution in [0.5, 0.6) is 0 Å². The molecule has 2 heterocycles. The number of aryl methyl sites for hydroxylation is 1. The molecular formula is C13H20N2O2. The Balaban J connectivity index is 2.00. The topological polar surface area (TPSA) is 43.3 Å². The summed E-state index contributed by atoms with van der Waals surface area (Å²) in [4.78, 5) is 11.3. The van der Waals surface area contributed by atoms with Crippen molar-refractivity contribution in [3.8, 4) is 0 Å². The predicted molar refractivity (Wildman–Crippen MR) is 68.4 cm³/mol. The minimum Gasteiger partial charge on any atom is -0.381 e. The summed E-state index contributed by atoms with van der Waals surface area (Å²) in [6, 6.07) is 3.89. The molecule has 1 fully saturated rings. The van der Waals surface area contributed by atoms with Crippen molar-refractivity contribution in [1.29, 1.82) is 0 Å². The maximum atomic E-state index is 11.3. The first kappa shape index (κ1) is 12.2. The lowest BCUT2D eigenvalue weighted by Gasteiger charge is -2.30. The number of nitrogens with one attached hydrogen (secondary N) is 1. The Kier molecular flexibility index (Phi) is 3.84. The summed E-state index contributed by atoms with van der Waals surface area (Å²) < 4.78 is 7.24. The van der Waals surface area contributed by atoms with Crippen molar-refractivity contribution in [2.24, 2.45) is 7.05 Å². The molecule has 0 saturated carbocycles. The van der Waals surface area contributed by atoms with E-state index in [2.05, 4.69) is 12.2 Å². The van der Waals surface area contributed by atoms with Gasteiger partial charge >= 0.3 is 0 Å². The zero-order valence-electron chi connectivity index (χ0n) is 10.5. The summed E-state index contributed by atoms with van der Waals surface area (Å²) in [6.45, 7) is 2.97. The number of nitrogens with zero attached hydrogens (tertiary/aromatic N) is 1. The molecule has 1 saturated heterocycles. The number of anilines is 1. The highest BCUT2D eigenvalue weighted by Gasteiger charge is 2.20. The van der Waals surface area contributed by atoms with Crippen molar-refractivity contribution < 1.29 is 4.74 Å². The van der Waals surface area contributed by atoms with E-state index in [1.165, 1.54) is 0 Å². The average Bonchev–Trinajstić information content (AvgIpc) is 2.34. The second-order valence-corrected chi connectivity index (χ2v) is 4.63. The Morgan fingerprint density at radius 3 is 3.06 bits per heavy atom. The summed E-state index contributed by atoms with van der Waals surface area (Å²) >= 11 is 0. The summed E-state index contributed by atoms with van der Waals surface area (Å²) in [7, 11) is 1.77. The Labute approximate surface area is 102 Å². The van der Waals surface area contributed by atoms with E-state index in [0.717, 1.165) is 31.6 Å². The minimum absolute atomic E-state index is 0.0222. The van der Waals surface area contributed by atoms with E-state index in [1.54, 1.807) is 17.7 Å². The molecule has 94 valence electrons. The molecule has 1 N–H and O–H groups in total. The Morgan fingerprint density at radius 2 is 2.35 bits per heavy atom. The molecule has 2 unspecified atom stereocenters. The fourth-order valence-electron chi connectivity index (χ4n) is 2.21. The number of hydrogen-bond acceptors (Lipinski definition) is 3. The van der Waals surface area contributed by atoms with Crippen LogP contribution in [0.3, 0.4) is 0 Å². The highest BCUT2D eigenvalue weighted by molar-refractivity contribution is 5.41. The van der Waals surface area contributed by atoms with Crippen LogP contribution in [-0.2, 0) is 11.8 Å². The molecule has 1 aliphatic heterocycles. The summed E-state index contributed by atoms with van der Waals surface area (Å²) in [5, 5.41) is 3.47. The van der Waals surface area contributed by atoms with E-state index >= 15 is 0 Å². The number of hydrogen-bond donors (Lipinski definition) is 1. The monoisotopic (exact) mass is 236 g/mol. The van der Waals surface area contributed by atoms with Gasteiger partial charge in [-0.3, -0.25) is 4.79 Å². The Morgan fingerprint density at radius 1 is 1.53 bits per heavy atom. The zero-order chi connectivity index (χ0) is 12.3. The van der Waals surface area contributed by atoms with E-state index < -0.39 is 0 Å². The number of aromatic nitrogens is 1. The first-order chi connectivity index (χ1) is 8.19. The smallest absolute Gasteiger partial charge is 0.250 e. The van der Waals surface area contributed by atoms with Gasteiger partial charge in [0.25, 0.3) is 0 Å². The standard InChI is InChI=1S/C13H20N2O2/c1-3-12-8-10(6-7-17-12)14-11-4-5-13(16)15(2)9-11/h4-5,9-10,12,14H,3,6-8H2,1-2H3. The molecule has 2 rings (SSSR count). The van der Waals surface area contributed by atoms with Crippen LogP contribution < -0.4 is 10.9 Å². The van der Waals surface area contributed by atoms with E-state index in [-0.39, 0.29) is 5.56 Å². The van der Waals surface area contributed by atoms with E-state index in [1.807, 2.05) is 12.3 Å². The van der Waals surface area contributed by atoms with Crippen molar-refractivity contribution in [2.75, 3.05) is 11.9 Å². The molecule has 0 radical (unpaired) electrons. The summed E-state index contributed by atoms with van der Waals surface area (Å²) in [5.74, 6) is 0. The van der Waals surface area contributed by atoms with Crippen LogP contribution in [0.2, 0.25) is 0 Å². The number of ether oxygens (including phenoxy) is 1. The van der Waals surface area contributed by atoms with Crippen molar-refractivity contribution in [2.45, 2.75) is 38.3 Å². The Hall–Kier alpha value is -1.29. The van der Waals surface area contributed by atoms with E-state index in [0.29, 0.717) is 12.1 Å². The van der Waals surface area contributed by atoms with Gasteiger partial charge in [-0.2, -0.15) is 0 Å². The minimum atomic E-state index is 0.0222. The predicted octanol–water partition coefficient (Wildman–Crippen LogP) is 1.75. The molecule has 1 aromatic heterocycles. The Bertz CT molecular complexity index is 428. The molecule has 2 atom stereocenters. The third kappa shape index (κ3) is 3.09. The molecule has 0 aliphatic carbocycles. The van der Waals surface area contributed by atoms with E-state index in [4.69, 9.17) is 4.74 Å². The lowest BCUT2D eigenvalue weighted by molar-refractivity contribution is 0.00925. The van der Waals surface area contributed by atoms with Gasteiger partial charge in [0.15, 0.2) is 0 Å². The van der Waals surface area contributed by atoms with Crippen molar-refractivity contribution in [1.82, 2.24) is 4.57 Å². The van der Waals surface area contributed by atoms with Crippen molar-refractivity contribution in [3.63, 3.8) is 0 Å². The molecule has 1 aliphatic rings. The van der Waals surface area contributed by atoms with Crippen LogP contribution in [-0.4, -0.2) is 23.3 Å². The van der Waals surface area contributed by atoms with Gasteiger partial charge in [0.1, 0.15) is 0 Å². The van der Waals surface area contributed by atoms with Gasteiger partial charge in [-0.05, 0) is 25.3 Å². The van der Waals surface area contributed by atoms with Crippen LogP contribution in [0.15, 0.2) is 23.1 Å². The maximum absolute atomic E-state index is 11.3. The van der Waals surface area contributed by atoms with Gasteiger partial charge in [-0.15, -0.1) is 0 Å². The molecule has 17 heavy (non-hydrogen) atoms. The van der Waals surface area contributed by atoms with Crippen molar-refractivity contribution >= 4 is 5.69 Å². The lowest BCUT2D eigenvalue weighted by atomic mass is 10.0. The highest BCUT2D eigenvalue weighted by atomic mass is 16.5. The number of rotatable bonds is 3. The summed E-state index contributed by atoms with van der Waals surface area (Å²) in [6.07, 6.45) is 5.34. The quantitative estimate of drug-likeness (QED) is 0.869. The van der Waals surface area contributed by atoms with Gasteiger partial charge in [0.2, 0.25) is 5.56 Å². The molecule has 1 aromatic rings. The van der Waals surface area contributed by atoms with Crippen LogP contribution in [0.4, 0.5) is 5.69 Å². The van der Waals surface area contributed by atoms with Crippen LogP contribution in [0.25, 0.3) is 0 Å². The molecular weight excluding hydrogens is 216 g/mol. The molecule has 0 amide bonds. The van der Waals surface area contributed by atoms with Gasteiger partial charge < -0.3 is 14.6 Å². The van der Waals surface area contributed by atoms with Gasteiger partial charge in [0.05, 0.1) is 11.8 Å². The summed E-state index contributed by atoms with van der Waals surface area (Å²) in [5.41, 5.74) is 1.03. The third-order valence-electron chi connectivity index (χ3n) is 3.28. The van der Waals surface area contributed by atoms with Gasteiger partial charge in [-0.1, -0.05) is 6.92 Å². The van der Waals surface area contributed by atoms with E-state index in [9.17, 15) is 4.79 Å². The van der Waals surface area contributed by atoms with Crippen molar-refractivity contribution in [3.05, 3.63) is 28.7 Å². The van der Waals surface area contributed by atoms with Crippen LogP contribution in [0.1, 0.15) is 26.2 Å². The highest BCUT2D eigenvalue weighted by Crippen LogP contribution is 2.19. The van der Waals surface area contributed by atoms with Gasteiger partial charge in [-0.25, -0.2) is 0 Å². The first-order valence-corrected chi connectivity index (χ1v) is 6.24. The molecule has 0 spiro atoms. The first-order valence-electron chi connectivity index (χ1n) is 6.24. The fraction of sp³-hybridized carbons (Fsp3) is 0.615. The van der Waals surface area contributed by atoms with Crippen LogP contribution in [0, 0.1) is 0 Å². The normalized spacial score (nSPS) is 24.6. The largest absolute Gasteiger partial charge is 0.381 e. The molecule has 0 aromatic carbocycles. The van der Waals surface area contributed by atoms with Crippen LogP contribution >= 0.6 is 0 Å². The lowest BCUT2D eigenvalue weighted by Crippen LogP contribution is -2.34.